The van der Waals surface area contributed by atoms with Crippen LogP contribution in [0, 0.1) is 6.92 Å². The second-order valence-electron chi connectivity index (χ2n) is 6.86. The van der Waals surface area contributed by atoms with Crippen molar-refractivity contribution in [2.45, 2.75) is 18.2 Å². The molecule has 0 heterocycles. The molecule has 0 bridgehead atoms. The zero-order chi connectivity index (χ0) is 23.1. The molecule has 3 aromatic carbocycles. The van der Waals surface area contributed by atoms with Gasteiger partial charge < -0.3 is 14.8 Å². The second-order valence-corrected chi connectivity index (χ2v) is 8.92. The average molecular weight is 475 g/mol. The summed E-state index contributed by atoms with van der Waals surface area (Å²) in [4.78, 5) is 12.2. The van der Waals surface area contributed by atoms with E-state index in [1.807, 2.05) is 31.2 Å². The van der Waals surface area contributed by atoms with Crippen molar-refractivity contribution < 1.29 is 22.7 Å². The number of carbonyl (C=O) groups excluding carboxylic acids is 1. The fourth-order valence-corrected chi connectivity index (χ4v) is 4.42. The van der Waals surface area contributed by atoms with Crippen molar-refractivity contribution in [3.05, 3.63) is 77.3 Å². The molecule has 2 N–H and O–H groups in total. The first-order valence-corrected chi connectivity index (χ1v) is 11.6. The molecule has 168 valence electrons. The van der Waals surface area contributed by atoms with E-state index in [-0.39, 0.29) is 40.3 Å². The largest absolute Gasteiger partial charge is 0.495 e. The minimum Gasteiger partial charge on any atom is -0.495 e. The highest BCUT2D eigenvalue weighted by Gasteiger charge is 2.22. The lowest BCUT2D eigenvalue weighted by Gasteiger charge is -2.14. The lowest BCUT2D eigenvalue weighted by molar-refractivity contribution is -0.116. The quantitative estimate of drug-likeness (QED) is 0.461. The minimum atomic E-state index is -4.03. The number of para-hydroxylation sites is 2. The van der Waals surface area contributed by atoms with Crippen LogP contribution in [0.25, 0.3) is 0 Å². The van der Waals surface area contributed by atoms with Gasteiger partial charge in [0.05, 0.1) is 30.8 Å². The Morgan fingerprint density at radius 1 is 1.00 bits per heavy atom. The van der Waals surface area contributed by atoms with E-state index < -0.39 is 10.0 Å². The average Bonchev–Trinajstić information content (AvgIpc) is 2.76. The van der Waals surface area contributed by atoms with Crippen molar-refractivity contribution in [2.75, 3.05) is 23.8 Å². The normalized spacial score (nSPS) is 11.0. The second kappa shape index (κ2) is 10.4. The van der Waals surface area contributed by atoms with E-state index in [1.54, 1.807) is 30.3 Å². The standard InChI is InChI=1S/C23H23ClN2O5S/c1-16-7-3-6-10-20(16)31-14-13-23(27)25-17-11-12-21(30-2)22(15-17)32(28,29)26-19-9-5-4-8-18(19)24/h3-12,15,26H,13-14H2,1-2H3,(H,25,27). The molecule has 3 aromatic rings. The number of amides is 1. The van der Waals surface area contributed by atoms with E-state index in [9.17, 15) is 13.2 Å². The maximum absolute atomic E-state index is 12.9. The summed E-state index contributed by atoms with van der Waals surface area (Å²) in [5.74, 6) is 0.528. The smallest absolute Gasteiger partial charge is 0.265 e. The van der Waals surface area contributed by atoms with Gasteiger partial charge in [0, 0.05) is 5.69 Å². The van der Waals surface area contributed by atoms with Crippen molar-refractivity contribution in [1.29, 1.82) is 0 Å². The van der Waals surface area contributed by atoms with E-state index in [0.29, 0.717) is 11.4 Å². The number of halogens is 1. The first kappa shape index (κ1) is 23.4. The summed E-state index contributed by atoms with van der Waals surface area (Å²) in [6, 6.07) is 18.4. The third-order valence-electron chi connectivity index (χ3n) is 4.54. The van der Waals surface area contributed by atoms with Crippen LogP contribution >= 0.6 is 11.6 Å². The number of sulfonamides is 1. The van der Waals surface area contributed by atoms with Gasteiger partial charge in [-0.05, 0) is 48.9 Å². The van der Waals surface area contributed by atoms with Gasteiger partial charge in [-0.3, -0.25) is 9.52 Å². The number of methoxy groups -OCH3 is 1. The van der Waals surface area contributed by atoms with Crippen molar-refractivity contribution in [1.82, 2.24) is 0 Å². The molecule has 9 heteroatoms. The molecule has 0 saturated heterocycles. The lowest BCUT2D eigenvalue weighted by atomic mass is 10.2. The van der Waals surface area contributed by atoms with Gasteiger partial charge in [-0.25, -0.2) is 8.42 Å². The van der Waals surface area contributed by atoms with Crippen molar-refractivity contribution in [2.24, 2.45) is 0 Å². The number of hydrogen-bond donors (Lipinski definition) is 2. The number of aryl methyl sites for hydroxylation is 1. The molecule has 3 rings (SSSR count). The Kier molecular flexibility index (Phi) is 7.61. The van der Waals surface area contributed by atoms with Gasteiger partial charge >= 0.3 is 0 Å². The van der Waals surface area contributed by atoms with E-state index in [1.165, 1.54) is 19.2 Å². The number of ether oxygens (including phenoxy) is 2. The van der Waals surface area contributed by atoms with Crippen molar-refractivity contribution >= 4 is 38.9 Å². The number of rotatable bonds is 9. The van der Waals surface area contributed by atoms with Gasteiger partial charge in [-0.1, -0.05) is 41.9 Å². The molecule has 32 heavy (non-hydrogen) atoms. The van der Waals surface area contributed by atoms with Crippen LogP contribution in [-0.4, -0.2) is 28.0 Å². The van der Waals surface area contributed by atoms with Gasteiger partial charge in [-0.2, -0.15) is 0 Å². The SMILES string of the molecule is COc1ccc(NC(=O)CCOc2ccccc2C)cc1S(=O)(=O)Nc1ccccc1Cl. The summed E-state index contributed by atoms with van der Waals surface area (Å²) in [5, 5.41) is 2.95. The Balaban J connectivity index is 1.70. The van der Waals surface area contributed by atoms with Gasteiger partial charge in [0.1, 0.15) is 16.4 Å². The zero-order valence-electron chi connectivity index (χ0n) is 17.6. The number of nitrogens with one attached hydrogen (secondary N) is 2. The Labute approximate surface area is 192 Å². The molecule has 0 unspecified atom stereocenters. The van der Waals surface area contributed by atoms with Crippen LogP contribution in [0.15, 0.2) is 71.6 Å². The Morgan fingerprint density at radius 3 is 2.44 bits per heavy atom. The predicted molar refractivity (Wildman–Crippen MR) is 125 cm³/mol. The van der Waals surface area contributed by atoms with Gasteiger partial charge in [0.2, 0.25) is 5.91 Å². The highest BCUT2D eigenvalue weighted by Crippen LogP contribution is 2.31. The molecule has 7 nitrogen and oxygen atoms in total. The monoisotopic (exact) mass is 474 g/mol. The lowest BCUT2D eigenvalue weighted by Crippen LogP contribution is -2.17. The molecular formula is C23H23ClN2O5S. The van der Waals surface area contributed by atoms with Gasteiger partial charge in [-0.15, -0.1) is 0 Å². The van der Waals surface area contributed by atoms with Crippen molar-refractivity contribution in [3.63, 3.8) is 0 Å². The van der Waals surface area contributed by atoms with Crippen LogP contribution in [-0.2, 0) is 14.8 Å². The first-order valence-electron chi connectivity index (χ1n) is 9.74. The molecule has 0 atom stereocenters. The van der Waals surface area contributed by atoms with Crippen LogP contribution in [0.5, 0.6) is 11.5 Å². The Bertz CT molecular complexity index is 1210. The van der Waals surface area contributed by atoms with Crippen LogP contribution in [0.3, 0.4) is 0 Å². The van der Waals surface area contributed by atoms with Crippen LogP contribution < -0.4 is 19.5 Å². The maximum atomic E-state index is 12.9. The Hall–Kier alpha value is -3.23. The fourth-order valence-electron chi connectivity index (χ4n) is 2.90. The van der Waals surface area contributed by atoms with Gasteiger partial charge in [0.25, 0.3) is 10.0 Å². The molecule has 0 aliphatic carbocycles. The third kappa shape index (κ3) is 5.93. The third-order valence-corrected chi connectivity index (χ3v) is 6.25. The molecule has 0 saturated carbocycles. The molecule has 0 fully saturated rings. The summed E-state index contributed by atoms with van der Waals surface area (Å²) < 4.78 is 39.2. The molecule has 0 spiro atoms. The molecule has 0 aliphatic heterocycles. The predicted octanol–water partition coefficient (Wildman–Crippen LogP) is 4.87. The van der Waals surface area contributed by atoms with E-state index in [4.69, 9.17) is 21.1 Å². The summed E-state index contributed by atoms with van der Waals surface area (Å²) in [6.07, 6.45) is 0.0975. The van der Waals surface area contributed by atoms with Crippen LogP contribution in [0.4, 0.5) is 11.4 Å². The van der Waals surface area contributed by atoms with E-state index in [0.717, 1.165) is 5.56 Å². The van der Waals surface area contributed by atoms with Crippen LogP contribution in [0.2, 0.25) is 5.02 Å². The number of hydrogen-bond acceptors (Lipinski definition) is 5. The highest BCUT2D eigenvalue weighted by molar-refractivity contribution is 7.92. The summed E-state index contributed by atoms with van der Waals surface area (Å²) >= 11 is 6.07. The van der Waals surface area contributed by atoms with Crippen LogP contribution in [0.1, 0.15) is 12.0 Å². The van der Waals surface area contributed by atoms with Crippen molar-refractivity contribution in [3.8, 4) is 11.5 Å². The highest BCUT2D eigenvalue weighted by atomic mass is 35.5. The summed E-state index contributed by atoms with van der Waals surface area (Å²) in [7, 11) is -2.66. The minimum absolute atomic E-state index is 0.0975. The molecular weight excluding hydrogens is 452 g/mol. The summed E-state index contributed by atoms with van der Waals surface area (Å²) in [5.41, 5.74) is 1.52. The topological polar surface area (TPSA) is 93.7 Å². The molecule has 0 aliphatic rings. The zero-order valence-corrected chi connectivity index (χ0v) is 19.2. The first-order chi connectivity index (χ1) is 15.3. The van der Waals surface area contributed by atoms with Gasteiger partial charge in [0.15, 0.2) is 0 Å². The molecule has 0 aromatic heterocycles. The van der Waals surface area contributed by atoms with E-state index in [2.05, 4.69) is 10.0 Å². The summed E-state index contributed by atoms with van der Waals surface area (Å²) in [6.45, 7) is 2.11. The number of benzene rings is 3. The fraction of sp³-hybridized carbons (Fsp3) is 0.174. The number of anilines is 2. The molecule has 0 radical (unpaired) electrons. The molecule has 1 amide bonds. The van der Waals surface area contributed by atoms with E-state index >= 15 is 0 Å². The number of carbonyl (C=O) groups is 1. The Morgan fingerprint density at radius 2 is 1.72 bits per heavy atom. The maximum Gasteiger partial charge on any atom is 0.265 e.